The summed E-state index contributed by atoms with van der Waals surface area (Å²) in [5, 5.41) is 0. The van der Waals surface area contributed by atoms with E-state index in [2.05, 4.69) is 13.8 Å². The molecule has 0 aliphatic carbocycles. The number of nitrogens with two attached hydrogens (primary N) is 1. The van der Waals surface area contributed by atoms with Crippen LogP contribution in [0.5, 0.6) is 11.5 Å². The molecule has 0 amide bonds. The molecule has 0 atom stereocenters. The number of Topliss-reactive ketones (excluding diaryl/α,β-unsaturated/α-hetero) is 1. The summed E-state index contributed by atoms with van der Waals surface area (Å²) in [6.45, 7) is 4.47. The topological polar surface area (TPSA) is 61.5 Å². The molecular weight excluding hydrogens is 230 g/mol. The molecule has 0 bridgehead atoms. The number of rotatable bonds is 6. The zero-order chi connectivity index (χ0) is 13.7. The standard InChI is InChI=1S/C14H21NO3/c1-9(2)10-7-11(12(16)5-6-15)14(18-4)13(8-10)17-3/h7-9H,5-6,15H2,1-4H3. The van der Waals surface area contributed by atoms with Crippen LogP contribution in [0.1, 0.15) is 42.1 Å². The minimum Gasteiger partial charge on any atom is -0.493 e. The fourth-order valence-electron chi connectivity index (χ4n) is 1.79. The van der Waals surface area contributed by atoms with Gasteiger partial charge in [-0.2, -0.15) is 0 Å². The number of carbonyl (C=O) groups is 1. The summed E-state index contributed by atoms with van der Waals surface area (Å²) in [6, 6.07) is 3.77. The van der Waals surface area contributed by atoms with Crippen LogP contribution in [0.4, 0.5) is 0 Å². The van der Waals surface area contributed by atoms with Crippen LogP contribution in [0.2, 0.25) is 0 Å². The van der Waals surface area contributed by atoms with Gasteiger partial charge in [0.1, 0.15) is 0 Å². The van der Waals surface area contributed by atoms with Gasteiger partial charge in [-0.1, -0.05) is 13.8 Å². The van der Waals surface area contributed by atoms with Crippen LogP contribution in [-0.4, -0.2) is 26.5 Å². The van der Waals surface area contributed by atoms with Gasteiger partial charge in [-0.05, 0) is 30.2 Å². The Morgan fingerprint density at radius 1 is 1.28 bits per heavy atom. The highest BCUT2D eigenvalue weighted by Crippen LogP contribution is 2.35. The minimum atomic E-state index is -0.0184. The third-order valence-corrected chi connectivity index (χ3v) is 2.84. The Kier molecular flexibility index (Phi) is 5.16. The van der Waals surface area contributed by atoms with Crippen LogP contribution in [0.3, 0.4) is 0 Å². The molecule has 0 saturated heterocycles. The number of carbonyl (C=O) groups excluding carboxylic acids is 1. The maximum Gasteiger partial charge on any atom is 0.171 e. The van der Waals surface area contributed by atoms with E-state index in [1.165, 1.54) is 7.11 Å². The number of ketones is 1. The zero-order valence-corrected chi connectivity index (χ0v) is 11.4. The van der Waals surface area contributed by atoms with E-state index in [1.54, 1.807) is 7.11 Å². The molecule has 0 spiro atoms. The molecule has 0 unspecified atom stereocenters. The van der Waals surface area contributed by atoms with Crippen LogP contribution in [0, 0.1) is 0 Å². The summed E-state index contributed by atoms with van der Waals surface area (Å²) < 4.78 is 10.6. The SMILES string of the molecule is COc1cc(C(C)C)cc(C(=O)CCN)c1OC. The molecule has 0 heterocycles. The number of hydrogen-bond acceptors (Lipinski definition) is 4. The fourth-order valence-corrected chi connectivity index (χ4v) is 1.79. The Bertz CT molecular complexity index is 427. The lowest BCUT2D eigenvalue weighted by atomic mass is 9.97. The second-order valence-electron chi connectivity index (χ2n) is 4.42. The lowest BCUT2D eigenvalue weighted by Gasteiger charge is -2.16. The molecule has 1 aromatic carbocycles. The molecule has 0 fully saturated rings. The smallest absolute Gasteiger partial charge is 0.171 e. The third-order valence-electron chi connectivity index (χ3n) is 2.84. The highest BCUT2D eigenvalue weighted by molar-refractivity contribution is 5.99. The Labute approximate surface area is 108 Å². The number of benzene rings is 1. The predicted octanol–water partition coefficient (Wildman–Crippen LogP) is 2.36. The van der Waals surface area contributed by atoms with Crippen molar-refractivity contribution in [2.75, 3.05) is 20.8 Å². The summed E-state index contributed by atoms with van der Waals surface area (Å²) in [7, 11) is 3.10. The molecule has 1 aromatic rings. The monoisotopic (exact) mass is 251 g/mol. The summed E-state index contributed by atoms with van der Waals surface area (Å²) in [4.78, 5) is 12.1. The van der Waals surface area contributed by atoms with Crippen molar-refractivity contribution in [2.24, 2.45) is 5.73 Å². The van der Waals surface area contributed by atoms with Gasteiger partial charge < -0.3 is 15.2 Å². The third kappa shape index (κ3) is 3.01. The van der Waals surface area contributed by atoms with Crippen molar-refractivity contribution >= 4 is 5.78 Å². The predicted molar refractivity (Wildman–Crippen MR) is 71.6 cm³/mol. The average Bonchev–Trinajstić information content (AvgIpc) is 2.37. The first-order valence-electron chi connectivity index (χ1n) is 6.04. The molecule has 100 valence electrons. The van der Waals surface area contributed by atoms with Crippen LogP contribution in [0.15, 0.2) is 12.1 Å². The van der Waals surface area contributed by atoms with Crippen molar-refractivity contribution in [3.63, 3.8) is 0 Å². The van der Waals surface area contributed by atoms with E-state index in [-0.39, 0.29) is 5.78 Å². The van der Waals surface area contributed by atoms with Gasteiger partial charge in [0, 0.05) is 6.42 Å². The molecule has 18 heavy (non-hydrogen) atoms. The molecule has 0 saturated carbocycles. The lowest BCUT2D eigenvalue weighted by Crippen LogP contribution is -2.10. The zero-order valence-electron chi connectivity index (χ0n) is 11.4. The first kappa shape index (κ1) is 14.5. The first-order valence-corrected chi connectivity index (χ1v) is 6.04. The summed E-state index contributed by atoms with van der Waals surface area (Å²) in [6.07, 6.45) is 0.307. The lowest BCUT2D eigenvalue weighted by molar-refractivity contribution is 0.0981. The van der Waals surface area contributed by atoms with Crippen molar-refractivity contribution in [3.8, 4) is 11.5 Å². The number of ether oxygens (including phenoxy) is 2. The Morgan fingerprint density at radius 3 is 2.39 bits per heavy atom. The van der Waals surface area contributed by atoms with E-state index >= 15 is 0 Å². The van der Waals surface area contributed by atoms with Crippen LogP contribution in [-0.2, 0) is 0 Å². The Morgan fingerprint density at radius 2 is 1.94 bits per heavy atom. The molecule has 0 aromatic heterocycles. The molecule has 0 aliphatic rings. The average molecular weight is 251 g/mol. The van der Waals surface area contributed by atoms with E-state index in [0.717, 1.165) is 5.56 Å². The molecule has 0 radical (unpaired) electrons. The minimum absolute atomic E-state index is 0.0184. The van der Waals surface area contributed by atoms with Crippen molar-refractivity contribution in [3.05, 3.63) is 23.3 Å². The van der Waals surface area contributed by atoms with Gasteiger partial charge in [-0.15, -0.1) is 0 Å². The van der Waals surface area contributed by atoms with Gasteiger partial charge in [-0.25, -0.2) is 0 Å². The van der Waals surface area contributed by atoms with Crippen LogP contribution >= 0.6 is 0 Å². The van der Waals surface area contributed by atoms with Crippen molar-refractivity contribution < 1.29 is 14.3 Å². The van der Waals surface area contributed by atoms with Gasteiger partial charge in [0.2, 0.25) is 0 Å². The fraction of sp³-hybridized carbons (Fsp3) is 0.500. The van der Waals surface area contributed by atoms with Gasteiger partial charge in [0.25, 0.3) is 0 Å². The normalized spacial score (nSPS) is 10.6. The quantitative estimate of drug-likeness (QED) is 0.788. The largest absolute Gasteiger partial charge is 0.493 e. The maximum absolute atomic E-state index is 12.1. The number of methoxy groups -OCH3 is 2. The second-order valence-corrected chi connectivity index (χ2v) is 4.42. The summed E-state index contributed by atoms with van der Waals surface area (Å²) in [5.74, 6) is 1.37. The van der Waals surface area contributed by atoms with E-state index in [0.29, 0.717) is 35.9 Å². The number of hydrogen-bond donors (Lipinski definition) is 1. The van der Waals surface area contributed by atoms with Crippen molar-refractivity contribution in [2.45, 2.75) is 26.2 Å². The summed E-state index contributed by atoms with van der Waals surface area (Å²) in [5.41, 5.74) is 7.03. The van der Waals surface area contributed by atoms with E-state index in [9.17, 15) is 4.79 Å². The van der Waals surface area contributed by atoms with Crippen molar-refractivity contribution in [1.82, 2.24) is 0 Å². The van der Waals surface area contributed by atoms with Gasteiger partial charge >= 0.3 is 0 Å². The van der Waals surface area contributed by atoms with Gasteiger partial charge in [0.15, 0.2) is 17.3 Å². The second kappa shape index (κ2) is 6.40. The molecule has 4 heteroatoms. The first-order chi connectivity index (χ1) is 8.54. The van der Waals surface area contributed by atoms with Crippen molar-refractivity contribution in [1.29, 1.82) is 0 Å². The van der Waals surface area contributed by atoms with E-state index in [4.69, 9.17) is 15.2 Å². The Hall–Kier alpha value is -1.55. The van der Waals surface area contributed by atoms with E-state index < -0.39 is 0 Å². The molecule has 1 rings (SSSR count). The van der Waals surface area contributed by atoms with Crippen LogP contribution in [0.25, 0.3) is 0 Å². The molecule has 2 N–H and O–H groups in total. The molecule has 0 aliphatic heterocycles. The summed E-state index contributed by atoms with van der Waals surface area (Å²) >= 11 is 0. The van der Waals surface area contributed by atoms with Gasteiger partial charge in [0.05, 0.1) is 19.8 Å². The molecular formula is C14H21NO3. The molecule has 4 nitrogen and oxygen atoms in total. The van der Waals surface area contributed by atoms with E-state index in [1.807, 2.05) is 12.1 Å². The Balaban J connectivity index is 3.35. The van der Waals surface area contributed by atoms with Gasteiger partial charge in [-0.3, -0.25) is 4.79 Å². The van der Waals surface area contributed by atoms with Crippen LogP contribution < -0.4 is 15.2 Å². The highest BCUT2D eigenvalue weighted by atomic mass is 16.5. The maximum atomic E-state index is 12.1. The highest BCUT2D eigenvalue weighted by Gasteiger charge is 2.18.